The molecule has 0 aliphatic carbocycles. The van der Waals surface area contributed by atoms with Crippen LogP contribution in [0.15, 0.2) is 36.4 Å². The molecule has 0 aliphatic rings. The number of benzene rings is 1. The summed E-state index contributed by atoms with van der Waals surface area (Å²) in [6.07, 6.45) is 3.20. The molecule has 0 atom stereocenters. The molecule has 24 heavy (non-hydrogen) atoms. The lowest BCUT2D eigenvalue weighted by Gasteiger charge is -2.06. The summed E-state index contributed by atoms with van der Waals surface area (Å²) in [4.78, 5) is 33.6. The van der Waals surface area contributed by atoms with E-state index in [1.807, 2.05) is 0 Å². The van der Waals surface area contributed by atoms with Crippen molar-refractivity contribution in [1.29, 1.82) is 0 Å². The van der Waals surface area contributed by atoms with Crippen LogP contribution in [0.2, 0.25) is 0 Å². The zero-order chi connectivity index (χ0) is 17.9. The third-order valence-corrected chi connectivity index (χ3v) is 3.22. The summed E-state index contributed by atoms with van der Waals surface area (Å²) in [7, 11) is 0. The molecule has 1 N–H and O–H groups in total. The summed E-state index contributed by atoms with van der Waals surface area (Å²) in [6.45, 7) is 5.76. The van der Waals surface area contributed by atoms with Crippen molar-refractivity contribution in [2.24, 2.45) is 0 Å². The van der Waals surface area contributed by atoms with Gasteiger partial charge in [0.15, 0.2) is 0 Å². The molecular weight excluding hydrogens is 312 g/mol. The van der Waals surface area contributed by atoms with Crippen molar-refractivity contribution in [3.05, 3.63) is 47.5 Å². The molecule has 1 rings (SSSR count). The van der Waals surface area contributed by atoms with Crippen molar-refractivity contribution in [3.63, 3.8) is 0 Å². The molecule has 0 aliphatic heterocycles. The summed E-state index contributed by atoms with van der Waals surface area (Å²) in [5, 5.41) is 8.79. The van der Waals surface area contributed by atoms with Crippen LogP contribution in [0.5, 0.6) is 0 Å². The summed E-state index contributed by atoms with van der Waals surface area (Å²) < 4.78 is 10.1. The monoisotopic (exact) mass is 334 g/mol. The number of hydrogen-bond donors (Lipinski definition) is 1. The molecule has 0 amide bonds. The van der Waals surface area contributed by atoms with Gasteiger partial charge in [-0.1, -0.05) is 6.58 Å². The van der Waals surface area contributed by atoms with Crippen molar-refractivity contribution in [3.8, 4) is 0 Å². The van der Waals surface area contributed by atoms with E-state index in [1.54, 1.807) is 6.92 Å². The second-order valence-electron chi connectivity index (χ2n) is 5.35. The molecule has 0 saturated heterocycles. The number of hydrogen-bond acceptors (Lipinski definition) is 5. The van der Waals surface area contributed by atoms with Crippen LogP contribution in [-0.2, 0) is 14.3 Å². The fraction of sp³-hybridized carbons (Fsp3) is 0.389. The fourth-order valence-corrected chi connectivity index (χ4v) is 1.84. The van der Waals surface area contributed by atoms with Crippen LogP contribution in [0.3, 0.4) is 0 Å². The van der Waals surface area contributed by atoms with E-state index in [9.17, 15) is 14.4 Å². The Bertz CT molecular complexity index is 588. The lowest BCUT2D eigenvalue weighted by Crippen LogP contribution is -2.08. The number of esters is 2. The first-order valence-corrected chi connectivity index (χ1v) is 7.75. The fourth-order valence-electron chi connectivity index (χ4n) is 1.84. The van der Waals surface area contributed by atoms with E-state index in [0.717, 1.165) is 19.3 Å². The highest BCUT2D eigenvalue weighted by atomic mass is 16.5. The largest absolute Gasteiger partial charge is 0.478 e. The van der Waals surface area contributed by atoms with E-state index in [4.69, 9.17) is 14.6 Å². The molecule has 0 aromatic heterocycles. The Morgan fingerprint density at radius 2 is 1.42 bits per heavy atom. The molecule has 1 aromatic rings. The van der Waals surface area contributed by atoms with Gasteiger partial charge >= 0.3 is 17.9 Å². The van der Waals surface area contributed by atoms with Crippen molar-refractivity contribution < 1.29 is 29.0 Å². The number of ether oxygens (including phenoxy) is 2. The third kappa shape index (κ3) is 7.09. The molecule has 0 unspecified atom stereocenters. The van der Waals surface area contributed by atoms with E-state index >= 15 is 0 Å². The van der Waals surface area contributed by atoms with E-state index in [-0.39, 0.29) is 11.5 Å². The van der Waals surface area contributed by atoms with Crippen molar-refractivity contribution >= 4 is 17.9 Å². The maximum Gasteiger partial charge on any atom is 0.338 e. The first-order chi connectivity index (χ1) is 11.4. The van der Waals surface area contributed by atoms with Gasteiger partial charge in [0.1, 0.15) is 0 Å². The lowest BCUT2D eigenvalue weighted by atomic mass is 10.1. The zero-order valence-electron chi connectivity index (χ0n) is 13.7. The Labute approximate surface area is 141 Å². The lowest BCUT2D eigenvalue weighted by molar-refractivity contribution is -0.139. The van der Waals surface area contributed by atoms with Gasteiger partial charge < -0.3 is 14.6 Å². The van der Waals surface area contributed by atoms with Crippen LogP contribution in [0.1, 0.15) is 53.3 Å². The topological polar surface area (TPSA) is 89.9 Å². The van der Waals surface area contributed by atoms with Gasteiger partial charge in [-0.2, -0.15) is 0 Å². The molecule has 0 spiro atoms. The van der Waals surface area contributed by atoms with Gasteiger partial charge in [-0.15, -0.1) is 0 Å². The molecule has 0 saturated carbocycles. The number of carbonyl (C=O) groups excluding carboxylic acids is 2. The second kappa shape index (κ2) is 10.2. The van der Waals surface area contributed by atoms with E-state index in [1.165, 1.54) is 24.3 Å². The average molecular weight is 334 g/mol. The predicted octanol–water partition coefficient (Wildman–Crippen LogP) is 3.22. The minimum absolute atomic E-state index is 0.124. The van der Waals surface area contributed by atoms with Crippen LogP contribution in [-0.4, -0.2) is 36.2 Å². The van der Waals surface area contributed by atoms with Crippen molar-refractivity contribution in [1.82, 2.24) is 0 Å². The molecule has 0 fully saturated rings. The molecule has 6 nitrogen and oxygen atoms in total. The normalized spacial score (nSPS) is 10.0. The quantitative estimate of drug-likeness (QED) is 0.401. The number of carboxylic acids is 1. The smallest absolute Gasteiger partial charge is 0.338 e. The summed E-state index contributed by atoms with van der Waals surface area (Å²) >= 11 is 0. The maximum absolute atomic E-state index is 11.8. The second-order valence-corrected chi connectivity index (χ2v) is 5.35. The van der Waals surface area contributed by atoms with Gasteiger partial charge in [-0.05, 0) is 56.9 Å². The highest BCUT2D eigenvalue weighted by Gasteiger charge is 2.08. The Morgan fingerprint density at radius 3 is 1.92 bits per heavy atom. The van der Waals surface area contributed by atoms with Crippen LogP contribution in [0.4, 0.5) is 0 Å². The number of carboxylic acid groups (broad SMARTS) is 1. The van der Waals surface area contributed by atoms with Crippen molar-refractivity contribution in [2.75, 3.05) is 13.2 Å². The minimum atomic E-state index is -1.04. The van der Waals surface area contributed by atoms with E-state index in [0.29, 0.717) is 30.8 Å². The van der Waals surface area contributed by atoms with Gasteiger partial charge in [-0.25, -0.2) is 14.4 Å². The first-order valence-electron chi connectivity index (χ1n) is 7.75. The van der Waals surface area contributed by atoms with Crippen LogP contribution >= 0.6 is 0 Å². The third-order valence-electron chi connectivity index (χ3n) is 3.22. The average Bonchev–Trinajstić information content (AvgIpc) is 2.56. The first kappa shape index (κ1) is 19.4. The summed E-state index contributed by atoms with van der Waals surface area (Å²) in [5.74, 6) is -1.89. The zero-order valence-corrected chi connectivity index (χ0v) is 13.7. The van der Waals surface area contributed by atoms with Gasteiger partial charge in [0.2, 0.25) is 0 Å². The van der Waals surface area contributed by atoms with Gasteiger partial charge in [-0.3, -0.25) is 0 Å². The summed E-state index contributed by atoms with van der Waals surface area (Å²) in [5.41, 5.74) is 0.837. The SMILES string of the molecule is C=C(C)C(=O)OCCCCCCOC(=O)c1ccc(C(=O)O)cc1. The molecular formula is C18H22O6. The Morgan fingerprint density at radius 1 is 0.917 bits per heavy atom. The van der Waals surface area contributed by atoms with Crippen molar-refractivity contribution in [2.45, 2.75) is 32.6 Å². The van der Waals surface area contributed by atoms with Crippen LogP contribution in [0, 0.1) is 0 Å². The van der Waals surface area contributed by atoms with E-state index < -0.39 is 11.9 Å². The van der Waals surface area contributed by atoms with Crippen LogP contribution in [0.25, 0.3) is 0 Å². The summed E-state index contributed by atoms with van der Waals surface area (Å²) in [6, 6.07) is 5.60. The molecule has 6 heteroatoms. The highest BCUT2D eigenvalue weighted by Crippen LogP contribution is 2.07. The molecule has 0 radical (unpaired) electrons. The molecule has 0 heterocycles. The standard InChI is InChI=1S/C18H22O6/c1-13(2)17(21)23-11-5-3-4-6-12-24-18(22)15-9-7-14(8-10-15)16(19)20/h7-10H,1,3-6,11-12H2,2H3,(H,19,20). The number of unbranched alkanes of at least 4 members (excludes halogenated alkanes) is 3. The van der Waals surface area contributed by atoms with E-state index in [2.05, 4.69) is 6.58 Å². The molecule has 130 valence electrons. The Balaban J connectivity index is 2.12. The Hall–Kier alpha value is -2.63. The van der Waals surface area contributed by atoms with Gasteiger partial charge in [0.25, 0.3) is 0 Å². The molecule has 0 bridgehead atoms. The number of rotatable bonds is 10. The highest BCUT2D eigenvalue weighted by molar-refractivity contribution is 5.92. The van der Waals surface area contributed by atoms with Crippen LogP contribution < -0.4 is 0 Å². The number of aromatic carboxylic acids is 1. The van der Waals surface area contributed by atoms with Gasteiger partial charge in [0.05, 0.1) is 24.3 Å². The molecule has 1 aromatic carbocycles. The number of carbonyl (C=O) groups is 3. The van der Waals surface area contributed by atoms with Gasteiger partial charge in [0, 0.05) is 5.57 Å². The predicted molar refractivity (Wildman–Crippen MR) is 87.9 cm³/mol. The minimum Gasteiger partial charge on any atom is -0.478 e. The maximum atomic E-state index is 11.8. The Kier molecular flexibility index (Phi) is 8.25.